The van der Waals surface area contributed by atoms with Crippen molar-refractivity contribution in [2.75, 3.05) is 50.8 Å². The summed E-state index contributed by atoms with van der Waals surface area (Å²) < 4.78 is 173. The van der Waals surface area contributed by atoms with E-state index in [4.69, 9.17) is 9.47 Å². The molecule has 0 aliphatic carbocycles. The molecule has 436 valence electrons. The number of sulfone groups is 1. The number of phenolic OH excluding ortho intramolecular Hbond substituents is 1. The van der Waals surface area contributed by atoms with E-state index in [0.717, 1.165) is 73.1 Å². The summed E-state index contributed by atoms with van der Waals surface area (Å²) in [5.41, 5.74) is 4.47. The predicted octanol–water partition coefficient (Wildman–Crippen LogP) is 10.5. The van der Waals surface area contributed by atoms with Crippen molar-refractivity contribution in [2.45, 2.75) is 32.4 Å². The first-order chi connectivity index (χ1) is 39.5. The van der Waals surface area contributed by atoms with E-state index in [1.807, 2.05) is 14.7 Å². The summed E-state index contributed by atoms with van der Waals surface area (Å²) in [5, 5.41) is 14.0. The second-order valence-corrected chi connectivity index (χ2v) is 22.2. The predicted molar refractivity (Wildman–Crippen MR) is 295 cm³/mol. The smallest absolute Gasteiger partial charge is 0.209 e. The molecule has 0 saturated heterocycles. The number of primary sulfonamides is 1. The Morgan fingerprint density at radius 2 is 0.880 bits per heavy atom. The molecule has 17 nitrogen and oxygen atoms in total. The highest BCUT2D eigenvalue weighted by Crippen LogP contribution is 2.37. The molecular weight excluding hydrogens is 1150 g/mol. The number of nitrogens with zero attached hydrogens (tertiary/aromatic N) is 9. The second-order valence-electron chi connectivity index (χ2n) is 18.3. The van der Waals surface area contributed by atoms with Crippen molar-refractivity contribution in [3.63, 3.8) is 0 Å². The Hall–Kier alpha value is -8.63. The van der Waals surface area contributed by atoms with Crippen molar-refractivity contribution in [2.24, 2.45) is 35.1 Å². The average Bonchev–Trinajstić information content (AvgIpc) is 4.50. The number of aliphatic imine (C=N–C) groups is 6. The van der Waals surface area contributed by atoms with Crippen LogP contribution in [0.2, 0.25) is 0 Å². The molecule has 28 heteroatoms. The van der Waals surface area contributed by atoms with Crippen LogP contribution in [0.15, 0.2) is 121 Å². The number of hydrogen-bond donors (Lipinski definition) is 2. The highest BCUT2D eigenvalue weighted by atomic mass is 32.2. The number of aromatic hydroxyl groups is 1. The Kier molecular flexibility index (Phi) is 19.0. The lowest BCUT2D eigenvalue weighted by molar-refractivity contribution is 0.386. The molecule has 0 spiro atoms. The fraction of sp³-hybridized carbons (Fsp3) is 0.236. The van der Waals surface area contributed by atoms with Crippen LogP contribution in [0, 0.1) is 52.4 Å². The Labute approximate surface area is 470 Å². The van der Waals surface area contributed by atoms with Gasteiger partial charge in [-0.2, -0.15) is 4.39 Å². The van der Waals surface area contributed by atoms with Gasteiger partial charge in [0.25, 0.3) is 0 Å². The number of nitrogens with two attached hydrogens (primary N) is 1. The zero-order chi connectivity index (χ0) is 59.8. The quantitative estimate of drug-likeness (QED) is 0.0751. The number of fused-ring (bicyclic) bond motifs is 9. The molecule has 0 amide bonds. The van der Waals surface area contributed by atoms with Crippen LogP contribution in [0.1, 0.15) is 48.9 Å². The Balaban J connectivity index is 0.000000147. The van der Waals surface area contributed by atoms with Gasteiger partial charge in [-0.15, -0.1) is 0 Å². The number of halogens is 9. The maximum atomic E-state index is 14.9. The largest absolute Gasteiger partial charge is 0.508 e. The van der Waals surface area contributed by atoms with Gasteiger partial charge in [-0.3, -0.25) is 15.0 Å². The summed E-state index contributed by atoms with van der Waals surface area (Å²) >= 11 is 0. The number of rotatable bonds is 10. The molecule has 6 aromatic rings. The molecular formula is C55H49F9N10O7S2. The van der Waals surface area contributed by atoms with Crippen molar-refractivity contribution in [1.82, 2.24) is 14.7 Å². The topological polar surface area (TPSA) is 217 Å². The van der Waals surface area contributed by atoms with Crippen molar-refractivity contribution in [3.05, 3.63) is 166 Å². The first-order valence-electron chi connectivity index (χ1n) is 25.2. The maximum Gasteiger partial charge on any atom is 0.209 e. The van der Waals surface area contributed by atoms with Gasteiger partial charge in [-0.1, -0.05) is 19.9 Å². The van der Waals surface area contributed by atoms with E-state index < -0.39 is 89.5 Å². The van der Waals surface area contributed by atoms with Gasteiger partial charge in [0, 0.05) is 41.9 Å². The Morgan fingerprint density at radius 1 is 0.494 bits per heavy atom. The third-order valence-electron chi connectivity index (χ3n) is 12.2. The summed E-state index contributed by atoms with van der Waals surface area (Å²) in [4.78, 5) is 31.9. The molecule has 0 unspecified atom stereocenters. The highest BCUT2D eigenvalue weighted by Gasteiger charge is 2.28. The SMILES string of the molecule is CCCS(=O)(=O)Cc1ccc(F)c(Oc2ccc3c(c2)C2=NCCN2C=N3)c1F.CCCS(N)(=O)=O.Fc1ccc(F)c(F)c1F.Fc1ccc(F)c(Oc2ccc3c(c2)C2=NCCN2C=N3)c1F.Oc1ccc2c(c1)C1=NCCN1C=N2. The van der Waals surface area contributed by atoms with Crippen molar-refractivity contribution >= 4 is 73.4 Å². The van der Waals surface area contributed by atoms with E-state index in [1.54, 1.807) is 81.4 Å². The molecule has 0 atom stereocenters. The zero-order valence-electron chi connectivity index (χ0n) is 43.9. The first-order valence-corrected chi connectivity index (χ1v) is 28.7. The number of hydrogen-bond acceptors (Lipinski definition) is 16. The molecule has 0 bridgehead atoms. The van der Waals surface area contributed by atoms with Crippen molar-refractivity contribution in [3.8, 4) is 28.7 Å². The van der Waals surface area contributed by atoms with E-state index >= 15 is 0 Å². The van der Waals surface area contributed by atoms with Gasteiger partial charge in [0.1, 0.15) is 34.8 Å². The first kappa shape index (κ1) is 60.5. The number of phenols is 1. The fourth-order valence-electron chi connectivity index (χ4n) is 8.41. The van der Waals surface area contributed by atoms with Gasteiger partial charge in [0.15, 0.2) is 62.1 Å². The molecule has 6 aliphatic heterocycles. The van der Waals surface area contributed by atoms with Crippen LogP contribution in [0.4, 0.5) is 56.6 Å². The van der Waals surface area contributed by atoms with Crippen molar-refractivity contribution in [1.29, 1.82) is 0 Å². The molecule has 0 fully saturated rings. The number of sulfonamides is 1. The van der Waals surface area contributed by atoms with Gasteiger partial charge in [-0.25, -0.2) is 72.1 Å². The third-order valence-corrected chi connectivity index (χ3v) is 15.0. The monoisotopic (exact) mass is 1200 g/mol. The summed E-state index contributed by atoms with van der Waals surface area (Å²) in [6.07, 6.45) is 6.21. The number of ether oxygens (including phenoxy) is 2. The lowest BCUT2D eigenvalue weighted by atomic mass is 10.1. The molecule has 6 aliphatic rings. The standard InChI is InChI=1S/C20H19F2N3O3S.C16H10F3N3O.C10H9N3O.C6H2F4.C3H9NO2S/c1-2-9-29(26,27)11-13-3-5-16(21)19(18(13)22)28-14-4-6-17-15(10-14)20-23-7-8-25(20)12-24-17;17-11-2-3-12(18)15(14(11)19)23-9-1-4-13-10(7-9)16-20-5-6-22(16)8-21-13;14-7-1-2-9-8(5-7)10-11-3-4-13(10)6-12-9;7-3-1-2-4(8)6(10)5(3)9;1-2-3-7(4,5)6/h3-6,10,12H,2,7-9,11H2,1H3;1-4,7-8H,5-6H2;1-2,5-6,14H,3-4H2;1-2H;2-3H2,1H3,(H2,4,5,6). The summed E-state index contributed by atoms with van der Waals surface area (Å²) in [7, 11) is -6.66. The second kappa shape index (κ2) is 26.1. The van der Waals surface area contributed by atoms with Gasteiger partial charge in [0.05, 0.1) is 73.0 Å². The Bertz CT molecular complexity index is 3860. The molecule has 0 radical (unpaired) electrons. The minimum Gasteiger partial charge on any atom is -0.508 e. The Morgan fingerprint density at radius 3 is 1.30 bits per heavy atom. The summed E-state index contributed by atoms with van der Waals surface area (Å²) in [6, 6.07) is 19.5. The molecule has 83 heavy (non-hydrogen) atoms. The van der Waals surface area contributed by atoms with Crippen LogP contribution in [-0.4, -0.2) is 124 Å². The molecule has 0 saturated carbocycles. The summed E-state index contributed by atoms with van der Waals surface area (Å²) in [6.45, 7) is 7.93. The van der Waals surface area contributed by atoms with E-state index in [-0.39, 0.29) is 34.3 Å². The minimum atomic E-state index is -3.49. The van der Waals surface area contributed by atoms with E-state index in [0.29, 0.717) is 66.6 Å². The number of benzene rings is 6. The van der Waals surface area contributed by atoms with Crippen LogP contribution in [-0.2, 0) is 25.6 Å². The molecule has 3 N–H and O–H groups in total. The van der Waals surface area contributed by atoms with Crippen molar-refractivity contribution < 1.29 is 70.9 Å². The van der Waals surface area contributed by atoms with Crippen LogP contribution >= 0.6 is 0 Å². The van der Waals surface area contributed by atoms with Crippen LogP contribution in [0.25, 0.3) is 0 Å². The maximum absolute atomic E-state index is 14.9. The summed E-state index contributed by atoms with van der Waals surface area (Å²) in [5.74, 6) is -10.6. The lowest BCUT2D eigenvalue weighted by Gasteiger charge is -2.21. The van der Waals surface area contributed by atoms with E-state index in [1.165, 1.54) is 6.07 Å². The van der Waals surface area contributed by atoms with Gasteiger partial charge >= 0.3 is 0 Å². The van der Waals surface area contributed by atoms with Crippen LogP contribution in [0.3, 0.4) is 0 Å². The molecule has 0 aromatic heterocycles. The highest BCUT2D eigenvalue weighted by molar-refractivity contribution is 7.90. The normalized spacial score (nSPS) is 14.7. The van der Waals surface area contributed by atoms with Gasteiger partial charge in [-0.05, 0) is 97.8 Å². The van der Waals surface area contributed by atoms with Crippen LogP contribution < -0.4 is 14.6 Å². The van der Waals surface area contributed by atoms with E-state index in [2.05, 4.69) is 35.1 Å². The van der Waals surface area contributed by atoms with Gasteiger partial charge < -0.3 is 29.3 Å². The van der Waals surface area contributed by atoms with E-state index in [9.17, 15) is 61.5 Å². The fourth-order valence-corrected chi connectivity index (χ4v) is 10.4. The zero-order valence-corrected chi connectivity index (χ0v) is 45.5. The molecule has 6 aromatic carbocycles. The number of amidine groups is 3. The molecule has 6 heterocycles. The van der Waals surface area contributed by atoms with Gasteiger partial charge in [0.2, 0.25) is 21.6 Å². The molecule has 12 rings (SSSR count). The third kappa shape index (κ3) is 14.7. The van der Waals surface area contributed by atoms with Crippen LogP contribution in [0.5, 0.6) is 28.7 Å². The minimum absolute atomic E-state index is 0.0655. The average molecular weight is 1200 g/mol. The lowest BCUT2D eigenvalue weighted by Crippen LogP contribution is -2.29.